The molecule has 0 saturated heterocycles. The van der Waals surface area contributed by atoms with Crippen LogP contribution < -0.4 is 0 Å². The second-order valence-corrected chi connectivity index (χ2v) is 11.2. The van der Waals surface area contributed by atoms with Gasteiger partial charge in [-0.1, -0.05) is 84.9 Å². The summed E-state index contributed by atoms with van der Waals surface area (Å²) in [6.45, 7) is 0. The van der Waals surface area contributed by atoms with Gasteiger partial charge >= 0.3 is 0 Å². The zero-order valence-electron chi connectivity index (χ0n) is 21.0. The molecule has 0 bridgehead atoms. The van der Waals surface area contributed by atoms with Gasteiger partial charge in [0.15, 0.2) is 0 Å². The molecule has 0 aliphatic heterocycles. The van der Waals surface area contributed by atoms with Crippen LogP contribution in [0.5, 0.6) is 0 Å². The molecule has 9 rings (SSSR count). The van der Waals surface area contributed by atoms with Crippen LogP contribution in [0.3, 0.4) is 0 Å². The van der Waals surface area contributed by atoms with Crippen LogP contribution in [0.2, 0.25) is 0 Å². The van der Waals surface area contributed by atoms with Crippen LogP contribution in [0, 0.1) is 0 Å². The van der Waals surface area contributed by atoms with Gasteiger partial charge in [-0.15, -0.1) is 11.3 Å². The quantitative estimate of drug-likeness (QED) is 0.217. The van der Waals surface area contributed by atoms with E-state index in [-0.39, 0.29) is 0 Å². The van der Waals surface area contributed by atoms with Crippen molar-refractivity contribution in [1.82, 2.24) is 9.13 Å². The monoisotopic (exact) mass is 514 g/mol. The fraction of sp³-hybridized carbons (Fsp3) is 0. The number of para-hydroxylation sites is 3. The fourth-order valence-electron chi connectivity index (χ4n) is 6.56. The molecule has 0 atom stereocenters. The molecule has 0 unspecified atom stereocenters. The van der Waals surface area contributed by atoms with Crippen molar-refractivity contribution in [1.29, 1.82) is 0 Å². The Bertz CT molecular complexity index is 2390. The van der Waals surface area contributed by atoms with E-state index in [1.165, 1.54) is 75.2 Å². The molecule has 39 heavy (non-hydrogen) atoms. The molecule has 182 valence electrons. The van der Waals surface area contributed by atoms with Crippen molar-refractivity contribution in [3.05, 3.63) is 133 Å². The third-order valence-corrected chi connectivity index (χ3v) is 9.24. The second kappa shape index (κ2) is 7.83. The topological polar surface area (TPSA) is 9.86 Å². The molecule has 0 saturated carbocycles. The number of benzene rings is 6. The first-order valence-electron chi connectivity index (χ1n) is 13.3. The molecular formula is C36H22N2S. The van der Waals surface area contributed by atoms with Crippen LogP contribution in [-0.2, 0) is 0 Å². The number of hydrogen-bond donors (Lipinski definition) is 0. The lowest BCUT2D eigenvalue weighted by molar-refractivity contribution is 1.18. The summed E-state index contributed by atoms with van der Waals surface area (Å²) >= 11 is 1.87. The van der Waals surface area contributed by atoms with Crippen molar-refractivity contribution in [2.75, 3.05) is 0 Å². The summed E-state index contributed by atoms with van der Waals surface area (Å²) in [5.74, 6) is 0. The second-order valence-electron chi connectivity index (χ2n) is 10.1. The minimum atomic E-state index is 1.18. The molecule has 0 spiro atoms. The molecule has 9 aromatic rings. The molecule has 6 aromatic carbocycles. The summed E-state index contributed by atoms with van der Waals surface area (Å²) in [7, 11) is 0. The van der Waals surface area contributed by atoms with Crippen molar-refractivity contribution in [3.63, 3.8) is 0 Å². The molecule has 0 fully saturated rings. The first-order chi connectivity index (χ1) is 19.4. The molecule has 0 radical (unpaired) electrons. The van der Waals surface area contributed by atoms with Crippen LogP contribution in [0.1, 0.15) is 0 Å². The van der Waals surface area contributed by atoms with Crippen molar-refractivity contribution >= 4 is 75.1 Å². The van der Waals surface area contributed by atoms with E-state index in [0.29, 0.717) is 0 Å². The smallest absolute Gasteiger partial charge is 0.0641 e. The van der Waals surface area contributed by atoms with E-state index in [1.54, 1.807) is 0 Å². The normalized spacial score (nSPS) is 12.1. The highest BCUT2D eigenvalue weighted by atomic mass is 32.1. The Hall–Kier alpha value is -4.86. The first-order valence-corrected chi connectivity index (χ1v) is 14.1. The highest BCUT2D eigenvalue weighted by Crippen LogP contribution is 2.44. The minimum absolute atomic E-state index is 1.18. The van der Waals surface area contributed by atoms with Gasteiger partial charge in [-0.2, -0.15) is 0 Å². The van der Waals surface area contributed by atoms with Crippen LogP contribution in [0.4, 0.5) is 0 Å². The number of thiophene rings is 1. The Morgan fingerprint density at radius 1 is 0.385 bits per heavy atom. The third-order valence-electron chi connectivity index (χ3n) is 8.11. The number of hydrogen-bond acceptors (Lipinski definition) is 1. The molecule has 0 amide bonds. The molecule has 0 N–H and O–H groups in total. The van der Waals surface area contributed by atoms with Crippen molar-refractivity contribution in [2.24, 2.45) is 0 Å². The SMILES string of the molecule is c1ccc(-n2c3ccccc3c3ccc4c(c5ccccc5n4-c4cccc5sc6ccccc6c45)c32)cc1. The fourth-order valence-corrected chi connectivity index (χ4v) is 7.68. The van der Waals surface area contributed by atoms with Crippen LogP contribution in [0.25, 0.3) is 75.2 Å². The summed E-state index contributed by atoms with van der Waals surface area (Å²) in [4.78, 5) is 0. The molecule has 0 aliphatic carbocycles. The highest BCUT2D eigenvalue weighted by Gasteiger charge is 2.21. The standard InChI is InChI=1S/C36H22N2S/c1-2-11-23(12-3-1)37-28-16-7-4-13-24(28)25-21-22-31-35(36(25)37)26-14-5-8-17-29(26)38(31)30-18-10-20-33-34(30)27-15-6-9-19-32(27)39-33/h1-22H. The van der Waals surface area contributed by atoms with Gasteiger partial charge in [0.2, 0.25) is 0 Å². The summed E-state index contributed by atoms with van der Waals surface area (Å²) < 4.78 is 7.58. The van der Waals surface area contributed by atoms with Gasteiger partial charge < -0.3 is 9.13 Å². The average molecular weight is 515 g/mol. The lowest BCUT2D eigenvalue weighted by Gasteiger charge is -2.11. The molecule has 2 nitrogen and oxygen atoms in total. The summed E-state index contributed by atoms with van der Waals surface area (Å²) in [6.07, 6.45) is 0. The Morgan fingerprint density at radius 2 is 1.05 bits per heavy atom. The number of rotatable bonds is 2. The predicted octanol–water partition coefficient (Wildman–Crippen LogP) is 10.2. The Balaban J connectivity index is 1.53. The van der Waals surface area contributed by atoms with Crippen LogP contribution in [0.15, 0.2) is 133 Å². The van der Waals surface area contributed by atoms with Gasteiger partial charge in [0, 0.05) is 47.4 Å². The largest absolute Gasteiger partial charge is 0.309 e. The van der Waals surface area contributed by atoms with Gasteiger partial charge in [-0.3, -0.25) is 0 Å². The van der Waals surface area contributed by atoms with Crippen LogP contribution >= 0.6 is 11.3 Å². The minimum Gasteiger partial charge on any atom is -0.309 e. The van der Waals surface area contributed by atoms with E-state index >= 15 is 0 Å². The first kappa shape index (κ1) is 21.1. The predicted molar refractivity (Wildman–Crippen MR) is 168 cm³/mol. The van der Waals surface area contributed by atoms with Gasteiger partial charge in [0.25, 0.3) is 0 Å². The van der Waals surface area contributed by atoms with E-state index in [1.807, 2.05) is 11.3 Å². The molecule has 3 aromatic heterocycles. The van der Waals surface area contributed by atoms with Crippen molar-refractivity contribution < 1.29 is 0 Å². The zero-order valence-corrected chi connectivity index (χ0v) is 21.8. The molecular weight excluding hydrogens is 492 g/mol. The zero-order chi connectivity index (χ0) is 25.5. The number of fused-ring (bicyclic) bond motifs is 10. The summed E-state index contributed by atoms with van der Waals surface area (Å²) in [5, 5.41) is 7.77. The maximum atomic E-state index is 2.48. The maximum Gasteiger partial charge on any atom is 0.0641 e. The van der Waals surface area contributed by atoms with E-state index < -0.39 is 0 Å². The lowest BCUT2D eigenvalue weighted by Crippen LogP contribution is -1.95. The Morgan fingerprint density at radius 3 is 1.90 bits per heavy atom. The summed E-state index contributed by atoms with van der Waals surface area (Å²) in [5.41, 5.74) is 7.36. The lowest BCUT2D eigenvalue weighted by atomic mass is 10.1. The van der Waals surface area contributed by atoms with Gasteiger partial charge in [-0.25, -0.2) is 0 Å². The van der Waals surface area contributed by atoms with Gasteiger partial charge in [0.1, 0.15) is 0 Å². The summed E-state index contributed by atoms with van der Waals surface area (Å²) in [6, 6.07) is 48.6. The third kappa shape index (κ3) is 2.80. The Labute approximate surface area is 228 Å². The van der Waals surface area contributed by atoms with E-state index in [4.69, 9.17) is 0 Å². The maximum absolute atomic E-state index is 2.48. The average Bonchev–Trinajstić information content (AvgIpc) is 3.65. The van der Waals surface area contributed by atoms with Gasteiger partial charge in [-0.05, 0) is 48.5 Å². The van der Waals surface area contributed by atoms with E-state index in [9.17, 15) is 0 Å². The number of aromatic nitrogens is 2. The number of nitrogens with zero attached hydrogens (tertiary/aromatic N) is 2. The molecule has 3 heteroatoms. The highest BCUT2D eigenvalue weighted by molar-refractivity contribution is 7.25. The van der Waals surface area contributed by atoms with Crippen molar-refractivity contribution in [2.45, 2.75) is 0 Å². The van der Waals surface area contributed by atoms with Gasteiger partial charge in [0.05, 0.1) is 27.8 Å². The Kier molecular flexibility index (Phi) is 4.24. The molecule has 0 aliphatic rings. The van der Waals surface area contributed by atoms with Crippen molar-refractivity contribution in [3.8, 4) is 11.4 Å². The van der Waals surface area contributed by atoms with E-state index in [0.717, 1.165) is 0 Å². The molecule has 3 heterocycles. The van der Waals surface area contributed by atoms with E-state index in [2.05, 4.69) is 143 Å². The van der Waals surface area contributed by atoms with Crippen LogP contribution in [-0.4, -0.2) is 9.13 Å².